The van der Waals surface area contributed by atoms with E-state index in [4.69, 9.17) is 14.2 Å². The second-order valence-corrected chi connectivity index (χ2v) is 12.9. The van der Waals surface area contributed by atoms with Gasteiger partial charge in [-0.1, -0.05) is 35.8 Å². The molecule has 0 bridgehead atoms. The summed E-state index contributed by atoms with van der Waals surface area (Å²) < 4.78 is 18.3. The molecular weight excluding hydrogens is 666 g/mol. The van der Waals surface area contributed by atoms with E-state index in [2.05, 4.69) is 33.9 Å². The summed E-state index contributed by atoms with van der Waals surface area (Å²) in [6.07, 6.45) is -13.7. The van der Waals surface area contributed by atoms with E-state index in [0.717, 1.165) is 23.9 Å². The maximum atomic E-state index is 13.3. The maximum absolute atomic E-state index is 13.3. The molecule has 9 N–H and O–H groups in total. The number of nitrogens with zero attached hydrogens (tertiary/aromatic N) is 2. The number of hydrogen-bond acceptors (Lipinski definition) is 13. The second-order valence-electron chi connectivity index (χ2n) is 12.9. The van der Waals surface area contributed by atoms with Gasteiger partial charge in [-0.05, 0) is 24.3 Å². The van der Waals surface area contributed by atoms with E-state index in [-0.39, 0.29) is 12.5 Å². The molecule has 6 rings (SSSR count). The van der Waals surface area contributed by atoms with Crippen LogP contribution in [0.2, 0.25) is 0 Å². The molecule has 0 aliphatic carbocycles. The molecule has 51 heavy (non-hydrogen) atoms. The third kappa shape index (κ3) is 8.06. The van der Waals surface area contributed by atoms with Crippen molar-refractivity contribution < 1.29 is 59.9 Å². The van der Waals surface area contributed by atoms with Gasteiger partial charge in [0.05, 0.1) is 37.5 Å². The summed E-state index contributed by atoms with van der Waals surface area (Å²) in [6, 6.07) is 10.8. The molecule has 274 valence electrons. The van der Waals surface area contributed by atoms with E-state index in [1.165, 1.54) is 0 Å². The minimum absolute atomic E-state index is 0.0453. The van der Waals surface area contributed by atoms with Gasteiger partial charge >= 0.3 is 0 Å². The Labute approximate surface area is 293 Å². The molecule has 1 aromatic heterocycles. The first kappa shape index (κ1) is 37.1. The number of hydrogen-bond donors (Lipinski definition) is 9. The third-order valence-corrected chi connectivity index (χ3v) is 9.52. The fourth-order valence-electron chi connectivity index (χ4n) is 6.55. The standard InChI is InChI=1S/C36H43N3O12/c40-18-28-33(45)35(47)31(43)26(50-28)7-3-20-1-5-22-23-6-2-21(4-8-27-32(44)36(48)34(46)29(19-41)51-27)16-25(23)39(24(22)15-20)17-30(42)37-9-10-38-11-13-49-14-12-38/h1-2,5-6,15-16,26-29,31-36,40-41,43-48H,9-14,17-19H2,(H,37,42)/t26-,27-,28-,29-,31-,32-,33-,34-,35-,36-/m1/s1. The van der Waals surface area contributed by atoms with Crippen LogP contribution in [0.4, 0.5) is 0 Å². The van der Waals surface area contributed by atoms with E-state index in [1.807, 2.05) is 16.7 Å². The molecule has 0 saturated carbocycles. The molecule has 4 heterocycles. The third-order valence-electron chi connectivity index (χ3n) is 9.52. The number of fused-ring (bicyclic) bond motifs is 3. The van der Waals surface area contributed by atoms with Crippen LogP contribution in [0.5, 0.6) is 0 Å². The number of aromatic nitrogens is 1. The summed E-state index contributed by atoms with van der Waals surface area (Å²) in [4.78, 5) is 15.5. The van der Waals surface area contributed by atoms with Gasteiger partial charge in [-0.2, -0.15) is 0 Å². The molecule has 0 unspecified atom stereocenters. The highest BCUT2D eigenvalue weighted by molar-refractivity contribution is 6.09. The van der Waals surface area contributed by atoms with Crippen LogP contribution in [0.1, 0.15) is 11.1 Å². The molecule has 0 radical (unpaired) electrons. The topological polar surface area (TPSA) is 227 Å². The van der Waals surface area contributed by atoms with Crippen LogP contribution in [0, 0.1) is 23.7 Å². The highest BCUT2D eigenvalue weighted by Crippen LogP contribution is 2.31. The molecule has 0 spiro atoms. The van der Waals surface area contributed by atoms with Crippen LogP contribution in [-0.2, 0) is 25.5 Å². The summed E-state index contributed by atoms with van der Waals surface area (Å²) in [5, 5.41) is 85.1. The van der Waals surface area contributed by atoms with E-state index in [9.17, 15) is 45.6 Å². The van der Waals surface area contributed by atoms with Crippen molar-refractivity contribution in [2.45, 2.75) is 67.6 Å². The smallest absolute Gasteiger partial charge is 0.240 e. The number of nitrogens with one attached hydrogen (secondary N) is 1. The molecule has 3 fully saturated rings. The molecule has 10 atom stereocenters. The van der Waals surface area contributed by atoms with Crippen LogP contribution < -0.4 is 5.32 Å². The Bertz CT molecular complexity index is 1710. The minimum atomic E-state index is -1.56. The van der Waals surface area contributed by atoms with Crippen LogP contribution in [-0.4, -0.2) is 170 Å². The van der Waals surface area contributed by atoms with Crippen LogP contribution in [0.3, 0.4) is 0 Å². The van der Waals surface area contributed by atoms with Crippen molar-refractivity contribution >= 4 is 27.7 Å². The number of rotatable bonds is 7. The lowest BCUT2D eigenvalue weighted by atomic mass is 9.95. The fraction of sp³-hybridized carbons (Fsp3) is 0.528. The van der Waals surface area contributed by atoms with E-state index >= 15 is 0 Å². The Morgan fingerprint density at radius 2 is 1.22 bits per heavy atom. The molecule has 3 saturated heterocycles. The molecule has 3 aliphatic heterocycles. The van der Waals surface area contributed by atoms with Crippen molar-refractivity contribution in [3.05, 3.63) is 47.5 Å². The largest absolute Gasteiger partial charge is 0.394 e. The van der Waals surface area contributed by atoms with Gasteiger partial charge in [-0.3, -0.25) is 9.69 Å². The fourth-order valence-corrected chi connectivity index (χ4v) is 6.55. The SMILES string of the molecule is O=C(Cn1c2cc(C#C[C@H]3O[C@H](CO)[C@@H](O)[C@H](O)[C@@H]3O)ccc2c2ccc(C#C[C@H]3O[C@H](CO)[C@@H](O)[C@H](O)[C@@H]3O)cc21)NCCN1CCOCC1. The van der Waals surface area contributed by atoms with Gasteiger partial charge in [0.1, 0.15) is 67.6 Å². The number of aliphatic hydroxyl groups excluding tert-OH is 8. The number of ether oxygens (including phenoxy) is 3. The average molecular weight is 710 g/mol. The Balaban J connectivity index is 1.31. The van der Waals surface area contributed by atoms with Crippen LogP contribution in [0.25, 0.3) is 21.8 Å². The number of benzene rings is 2. The van der Waals surface area contributed by atoms with Crippen molar-refractivity contribution in [2.24, 2.45) is 0 Å². The first-order chi connectivity index (χ1) is 24.6. The molecule has 15 heteroatoms. The zero-order valence-corrected chi connectivity index (χ0v) is 27.7. The summed E-state index contributed by atoms with van der Waals surface area (Å²) in [7, 11) is 0. The van der Waals surface area contributed by atoms with Gasteiger partial charge in [-0.25, -0.2) is 0 Å². The first-order valence-corrected chi connectivity index (χ1v) is 16.9. The van der Waals surface area contributed by atoms with Gasteiger partial charge in [-0.15, -0.1) is 0 Å². The number of carbonyl (C=O) groups excluding carboxylic acids is 1. The Morgan fingerprint density at radius 1 is 0.725 bits per heavy atom. The van der Waals surface area contributed by atoms with Gasteiger partial charge in [0.25, 0.3) is 0 Å². The Morgan fingerprint density at radius 3 is 1.69 bits per heavy atom. The predicted molar refractivity (Wildman–Crippen MR) is 181 cm³/mol. The predicted octanol–water partition coefficient (Wildman–Crippen LogP) is -3.37. The van der Waals surface area contributed by atoms with Crippen molar-refractivity contribution in [3.8, 4) is 23.7 Å². The summed E-state index contributed by atoms with van der Waals surface area (Å²) in [5.74, 6) is 11.2. The lowest BCUT2D eigenvalue weighted by molar-refractivity contribution is -0.214. The number of morpholine rings is 1. The zero-order chi connectivity index (χ0) is 36.2. The molecule has 3 aliphatic rings. The van der Waals surface area contributed by atoms with Crippen LogP contribution >= 0.6 is 0 Å². The monoisotopic (exact) mass is 709 g/mol. The van der Waals surface area contributed by atoms with E-state index < -0.39 is 74.3 Å². The van der Waals surface area contributed by atoms with Gasteiger partial charge < -0.3 is 64.9 Å². The number of amides is 1. The molecule has 1 amide bonds. The minimum Gasteiger partial charge on any atom is -0.394 e. The van der Waals surface area contributed by atoms with Crippen molar-refractivity contribution in [1.29, 1.82) is 0 Å². The molecule has 3 aromatic rings. The highest BCUT2D eigenvalue weighted by Gasteiger charge is 2.43. The Hall–Kier alpha value is -3.65. The van der Waals surface area contributed by atoms with Crippen molar-refractivity contribution in [2.75, 3.05) is 52.6 Å². The quantitative estimate of drug-likeness (QED) is 0.109. The number of carbonyl (C=O) groups is 1. The first-order valence-electron chi connectivity index (χ1n) is 16.9. The summed E-state index contributed by atoms with van der Waals surface area (Å²) >= 11 is 0. The molecule has 2 aromatic carbocycles. The lowest BCUT2D eigenvalue weighted by Gasteiger charge is -2.37. The zero-order valence-electron chi connectivity index (χ0n) is 27.7. The molecular formula is C36H43N3O12. The van der Waals surface area contributed by atoms with Crippen molar-refractivity contribution in [3.63, 3.8) is 0 Å². The number of aliphatic hydroxyl groups is 8. The second kappa shape index (κ2) is 16.4. The highest BCUT2D eigenvalue weighted by atomic mass is 16.6. The average Bonchev–Trinajstić information content (AvgIpc) is 3.44. The van der Waals surface area contributed by atoms with Gasteiger partial charge in [0.2, 0.25) is 5.91 Å². The van der Waals surface area contributed by atoms with Gasteiger partial charge in [0, 0.05) is 48.1 Å². The van der Waals surface area contributed by atoms with E-state index in [0.29, 0.717) is 48.5 Å². The summed E-state index contributed by atoms with van der Waals surface area (Å²) in [6.45, 7) is 2.83. The normalized spacial score (nSPS) is 31.5. The maximum Gasteiger partial charge on any atom is 0.240 e. The van der Waals surface area contributed by atoms with E-state index in [1.54, 1.807) is 24.3 Å². The van der Waals surface area contributed by atoms with Crippen LogP contribution in [0.15, 0.2) is 36.4 Å². The van der Waals surface area contributed by atoms with Gasteiger partial charge in [0.15, 0.2) is 0 Å². The summed E-state index contributed by atoms with van der Waals surface area (Å²) in [5.41, 5.74) is 2.37. The van der Waals surface area contributed by atoms with Crippen molar-refractivity contribution in [1.82, 2.24) is 14.8 Å². The molecule has 15 nitrogen and oxygen atoms in total. The Kier molecular flexibility index (Phi) is 11.9. The lowest BCUT2D eigenvalue weighted by Crippen LogP contribution is -2.58.